The first-order chi connectivity index (χ1) is 9.06. The molecule has 5 heteroatoms. The summed E-state index contributed by atoms with van der Waals surface area (Å²) in [6.07, 6.45) is 1.64. The van der Waals surface area contributed by atoms with Crippen LogP contribution in [0, 0.1) is 11.7 Å². The Labute approximate surface area is 111 Å². The van der Waals surface area contributed by atoms with Crippen molar-refractivity contribution in [3.63, 3.8) is 0 Å². The zero-order valence-corrected chi connectivity index (χ0v) is 10.9. The molecule has 4 nitrogen and oxygen atoms in total. The first kappa shape index (κ1) is 13.3. The molecular weight excluding hydrogens is 245 g/mol. The molecule has 1 heterocycles. The van der Waals surface area contributed by atoms with Crippen molar-refractivity contribution in [3.8, 4) is 0 Å². The SMILES string of the molecule is CC(C)Cn1nccc1NC(=O)c1ccc(F)cc1. The van der Waals surface area contributed by atoms with Crippen molar-refractivity contribution in [1.82, 2.24) is 9.78 Å². The second kappa shape index (κ2) is 5.65. The van der Waals surface area contributed by atoms with Crippen molar-refractivity contribution >= 4 is 11.7 Å². The summed E-state index contributed by atoms with van der Waals surface area (Å²) in [5.74, 6) is 0.441. The lowest BCUT2D eigenvalue weighted by molar-refractivity contribution is 0.102. The molecule has 0 aliphatic heterocycles. The van der Waals surface area contributed by atoms with Crippen LogP contribution < -0.4 is 5.32 Å². The van der Waals surface area contributed by atoms with Crippen molar-refractivity contribution in [1.29, 1.82) is 0 Å². The van der Waals surface area contributed by atoms with E-state index < -0.39 is 0 Å². The third-order valence-electron chi connectivity index (χ3n) is 2.60. The van der Waals surface area contributed by atoms with Gasteiger partial charge in [-0.05, 0) is 30.2 Å². The number of benzene rings is 1. The van der Waals surface area contributed by atoms with E-state index in [9.17, 15) is 9.18 Å². The van der Waals surface area contributed by atoms with Gasteiger partial charge in [0, 0.05) is 18.2 Å². The van der Waals surface area contributed by atoms with Crippen LogP contribution in [0.3, 0.4) is 0 Å². The summed E-state index contributed by atoms with van der Waals surface area (Å²) in [6, 6.07) is 7.17. The molecule has 1 amide bonds. The summed E-state index contributed by atoms with van der Waals surface area (Å²) in [6.45, 7) is 4.88. The lowest BCUT2D eigenvalue weighted by Gasteiger charge is -2.10. The van der Waals surface area contributed by atoms with Gasteiger partial charge in [-0.1, -0.05) is 13.8 Å². The van der Waals surface area contributed by atoms with Gasteiger partial charge in [0.15, 0.2) is 0 Å². The Morgan fingerprint density at radius 1 is 1.32 bits per heavy atom. The molecule has 2 aromatic rings. The Hall–Kier alpha value is -2.17. The highest BCUT2D eigenvalue weighted by molar-refractivity contribution is 6.03. The number of hydrogen-bond acceptors (Lipinski definition) is 2. The molecule has 2 rings (SSSR count). The third-order valence-corrected chi connectivity index (χ3v) is 2.60. The second-order valence-corrected chi connectivity index (χ2v) is 4.75. The van der Waals surface area contributed by atoms with E-state index in [0.29, 0.717) is 17.3 Å². The summed E-state index contributed by atoms with van der Waals surface area (Å²) >= 11 is 0. The summed E-state index contributed by atoms with van der Waals surface area (Å²) in [7, 11) is 0. The van der Waals surface area contributed by atoms with Gasteiger partial charge >= 0.3 is 0 Å². The quantitative estimate of drug-likeness (QED) is 0.919. The lowest BCUT2D eigenvalue weighted by atomic mass is 10.2. The highest BCUT2D eigenvalue weighted by Gasteiger charge is 2.10. The van der Waals surface area contributed by atoms with E-state index in [0.717, 1.165) is 6.54 Å². The molecule has 0 spiro atoms. The smallest absolute Gasteiger partial charge is 0.256 e. The molecular formula is C14H16FN3O. The largest absolute Gasteiger partial charge is 0.307 e. The molecule has 0 aliphatic carbocycles. The fourth-order valence-corrected chi connectivity index (χ4v) is 1.72. The number of nitrogens with one attached hydrogen (secondary N) is 1. The molecule has 19 heavy (non-hydrogen) atoms. The predicted molar refractivity (Wildman–Crippen MR) is 71.4 cm³/mol. The van der Waals surface area contributed by atoms with Gasteiger partial charge in [-0.25, -0.2) is 9.07 Å². The third kappa shape index (κ3) is 3.40. The average Bonchev–Trinajstić information content (AvgIpc) is 2.76. The monoisotopic (exact) mass is 261 g/mol. The Kier molecular flexibility index (Phi) is 3.94. The predicted octanol–water partition coefficient (Wildman–Crippen LogP) is 2.93. The number of aromatic nitrogens is 2. The molecule has 100 valence electrons. The first-order valence-corrected chi connectivity index (χ1v) is 6.15. The maximum Gasteiger partial charge on any atom is 0.256 e. The molecule has 0 radical (unpaired) electrons. The number of amides is 1. The number of carbonyl (C=O) groups is 1. The fraction of sp³-hybridized carbons (Fsp3) is 0.286. The Balaban J connectivity index is 2.10. The summed E-state index contributed by atoms with van der Waals surface area (Å²) in [5, 5.41) is 6.93. The van der Waals surface area contributed by atoms with E-state index >= 15 is 0 Å². The standard InChI is InChI=1S/C14H16FN3O/c1-10(2)9-18-13(7-8-16-18)17-14(19)11-3-5-12(15)6-4-11/h3-8,10H,9H2,1-2H3,(H,17,19). The van der Waals surface area contributed by atoms with Crippen LogP contribution >= 0.6 is 0 Å². The molecule has 0 saturated carbocycles. The molecule has 0 bridgehead atoms. The zero-order valence-electron chi connectivity index (χ0n) is 10.9. The van der Waals surface area contributed by atoms with Gasteiger partial charge in [0.1, 0.15) is 11.6 Å². The topological polar surface area (TPSA) is 46.9 Å². The molecule has 1 N–H and O–H groups in total. The van der Waals surface area contributed by atoms with E-state index in [4.69, 9.17) is 0 Å². The average molecular weight is 261 g/mol. The highest BCUT2D eigenvalue weighted by Crippen LogP contribution is 2.11. The van der Waals surface area contributed by atoms with E-state index in [1.165, 1.54) is 24.3 Å². The maximum atomic E-state index is 12.8. The number of anilines is 1. The fourth-order valence-electron chi connectivity index (χ4n) is 1.72. The van der Waals surface area contributed by atoms with Gasteiger partial charge in [-0.2, -0.15) is 5.10 Å². The van der Waals surface area contributed by atoms with Crippen LogP contribution in [0.4, 0.5) is 10.2 Å². The van der Waals surface area contributed by atoms with Gasteiger partial charge in [-0.3, -0.25) is 4.79 Å². The van der Waals surface area contributed by atoms with E-state index in [1.54, 1.807) is 16.9 Å². The Morgan fingerprint density at radius 3 is 2.63 bits per heavy atom. The van der Waals surface area contributed by atoms with Gasteiger partial charge in [-0.15, -0.1) is 0 Å². The summed E-state index contributed by atoms with van der Waals surface area (Å²) in [4.78, 5) is 12.0. The highest BCUT2D eigenvalue weighted by atomic mass is 19.1. The van der Waals surface area contributed by atoms with Gasteiger partial charge in [0.25, 0.3) is 5.91 Å². The van der Waals surface area contributed by atoms with Crippen LogP contribution in [-0.2, 0) is 6.54 Å². The number of hydrogen-bond donors (Lipinski definition) is 1. The van der Waals surface area contributed by atoms with Gasteiger partial charge < -0.3 is 5.32 Å². The van der Waals surface area contributed by atoms with Crippen LogP contribution in [-0.4, -0.2) is 15.7 Å². The lowest BCUT2D eigenvalue weighted by Crippen LogP contribution is -2.17. The van der Waals surface area contributed by atoms with Crippen LogP contribution in [0.2, 0.25) is 0 Å². The summed E-state index contributed by atoms with van der Waals surface area (Å²) < 4.78 is 14.5. The van der Waals surface area contributed by atoms with Crippen LogP contribution in [0.25, 0.3) is 0 Å². The minimum absolute atomic E-state index is 0.273. The number of nitrogens with zero attached hydrogens (tertiary/aromatic N) is 2. The first-order valence-electron chi connectivity index (χ1n) is 6.15. The van der Waals surface area contributed by atoms with Crippen LogP contribution in [0.1, 0.15) is 24.2 Å². The van der Waals surface area contributed by atoms with Gasteiger partial charge in [0.2, 0.25) is 0 Å². The number of rotatable bonds is 4. The number of halogens is 1. The molecule has 0 atom stereocenters. The van der Waals surface area contributed by atoms with Crippen molar-refractivity contribution in [2.24, 2.45) is 5.92 Å². The van der Waals surface area contributed by atoms with E-state index in [2.05, 4.69) is 24.3 Å². The molecule has 0 fully saturated rings. The zero-order chi connectivity index (χ0) is 13.8. The second-order valence-electron chi connectivity index (χ2n) is 4.75. The molecule has 1 aromatic carbocycles. The maximum absolute atomic E-state index is 12.8. The van der Waals surface area contributed by atoms with E-state index in [1.807, 2.05) is 0 Å². The summed E-state index contributed by atoms with van der Waals surface area (Å²) in [5.41, 5.74) is 0.415. The van der Waals surface area contributed by atoms with Crippen LogP contribution in [0.5, 0.6) is 0 Å². The van der Waals surface area contributed by atoms with Crippen molar-refractivity contribution < 1.29 is 9.18 Å². The Bertz CT molecular complexity index is 560. The van der Waals surface area contributed by atoms with Gasteiger partial charge in [0.05, 0.1) is 6.20 Å². The normalized spacial score (nSPS) is 10.7. The van der Waals surface area contributed by atoms with Crippen molar-refractivity contribution in [2.45, 2.75) is 20.4 Å². The molecule has 0 saturated heterocycles. The Morgan fingerprint density at radius 2 is 2.00 bits per heavy atom. The molecule has 0 unspecified atom stereocenters. The minimum Gasteiger partial charge on any atom is -0.307 e. The van der Waals surface area contributed by atoms with Crippen molar-refractivity contribution in [2.75, 3.05) is 5.32 Å². The van der Waals surface area contributed by atoms with E-state index in [-0.39, 0.29) is 11.7 Å². The van der Waals surface area contributed by atoms with Crippen molar-refractivity contribution in [3.05, 3.63) is 47.9 Å². The number of carbonyl (C=O) groups excluding carboxylic acids is 1. The molecule has 1 aromatic heterocycles. The van der Waals surface area contributed by atoms with Crippen LogP contribution in [0.15, 0.2) is 36.5 Å². The molecule has 0 aliphatic rings. The minimum atomic E-state index is -0.360.